The third kappa shape index (κ3) is 4.23. The number of nitrogens with zero attached hydrogens (tertiary/aromatic N) is 1. The van der Waals surface area contributed by atoms with Gasteiger partial charge in [0.1, 0.15) is 6.54 Å². The molecule has 0 unspecified atom stereocenters. The van der Waals surface area contributed by atoms with Crippen LogP contribution in [0.3, 0.4) is 0 Å². The van der Waals surface area contributed by atoms with E-state index in [0.29, 0.717) is 5.69 Å². The summed E-state index contributed by atoms with van der Waals surface area (Å²) in [4.78, 5) is 11.9. The van der Waals surface area contributed by atoms with Gasteiger partial charge in [-0.2, -0.15) is 0 Å². The van der Waals surface area contributed by atoms with Crippen molar-refractivity contribution in [1.82, 2.24) is 5.32 Å². The molecular weight excluding hydrogens is 276 g/mol. The summed E-state index contributed by atoms with van der Waals surface area (Å²) in [6.45, 7) is 7.13. The minimum Gasteiger partial charge on any atom is -0.352 e. The van der Waals surface area contributed by atoms with Crippen LogP contribution in [0.1, 0.15) is 25.0 Å². The molecule has 0 aliphatic heterocycles. The first-order chi connectivity index (χ1) is 9.12. The second-order valence-electron chi connectivity index (χ2n) is 5.23. The summed E-state index contributed by atoms with van der Waals surface area (Å²) < 4.78 is 25.2. The smallest absolute Gasteiger partial charge is 0.240 e. The molecule has 112 valence electrons. The van der Waals surface area contributed by atoms with E-state index in [2.05, 4.69) is 5.32 Å². The Hall–Kier alpha value is -1.56. The number of benzene rings is 1. The first kappa shape index (κ1) is 16.5. The number of sulfonamides is 1. The fourth-order valence-electron chi connectivity index (χ4n) is 2.06. The number of aryl methyl sites for hydroxylation is 2. The molecule has 20 heavy (non-hydrogen) atoms. The molecule has 0 aliphatic carbocycles. The summed E-state index contributed by atoms with van der Waals surface area (Å²) in [5.41, 5.74) is 2.23. The Morgan fingerprint density at radius 3 is 2.15 bits per heavy atom. The second kappa shape index (κ2) is 6.26. The molecule has 0 aromatic heterocycles. The highest BCUT2D eigenvalue weighted by Crippen LogP contribution is 2.26. The molecule has 6 heteroatoms. The number of anilines is 1. The van der Waals surface area contributed by atoms with E-state index < -0.39 is 10.0 Å². The van der Waals surface area contributed by atoms with Crippen LogP contribution in [-0.2, 0) is 14.8 Å². The molecule has 0 aliphatic rings. The molecule has 1 aromatic carbocycles. The Morgan fingerprint density at radius 1 is 1.25 bits per heavy atom. The van der Waals surface area contributed by atoms with Gasteiger partial charge in [0, 0.05) is 6.04 Å². The van der Waals surface area contributed by atoms with E-state index in [4.69, 9.17) is 0 Å². The second-order valence-corrected chi connectivity index (χ2v) is 7.14. The highest BCUT2D eigenvalue weighted by atomic mass is 32.2. The van der Waals surface area contributed by atoms with Gasteiger partial charge in [0.2, 0.25) is 15.9 Å². The van der Waals surface area contributed by atoms with Gasteiger partial charge in [0.25, 0.3) is 0 Å². The highest BCUT2D eigenvalue weighted by Gasteiger charge is 2.23. The number of para-hydroxylation sites is 1. The monoisotopic (exact) mass is 298 g/mol. The fraction of sp³-hybridized carbons (Fsp3) is 0.500. The van der Waals surface area contributed by atoms with Crippen molar-refractivity contribution in [2.75, 3.05) is 17.1 Å². The Balaban J connectivity index is 3.19. The Bertz CT molecular complexity index is 574. The summed E-state index contributed by atoms with van der Waals surface area (Å²) in [5, 5.41) is 2.71. The third-order valence-electron chi connectivity index (χ3n) is 2.83. The van der Waals surface area contributed by atoms with Crippen molar-refractivity contribution in [3.63, 3.8) is 0 Å². The summed E-state index contributed by atoms with van der Waals surface area (Å²) in [6.07, 6.45) is 1.11. The van der Waals surface area contributed by atoms with E-state index in [0.717, 1.165) is 21.7 Å². The molecule has 1 rings (SSSR count). The normalized spacial score (nSPS) is 11.5. The zero-order chi connectivity index (χ0) is 15.5. The quantitative estimate of drug-likeness (QED) is 0.898. The average molecular weight is 298 g/mol. The minimum absolute atomic E-state index is 0.0260. The molecular formula is C14H22N2O3S. The average Bonchev–Trinajstić information content (AvgIpc) is 2.24. The number of nitrogens with one attached hydrogen (secondary N) is 1. The van der Waals surface area contributed by atoms with Crippen LogP contribution in [0.25, 0.3) is 0 Å². The van der Waals surface area contributed by atoms with Gasteiger partial charge in [0.05, 0.1) is 11.9 Å². The Labute approximate surface area is 121 Å². The number of carbonyl (C=O) groups is 1. The highest BCUT2D eigenvalue weighted by molar-refractivity contribution is 7.92. The van der Waals surface area contributed by atoms with Crippen LogP contribution < -0.4 is 9.62 Å². The number of hydrogen-bond donors (Lipinski definition) is 1. The van der Waals surface area contributed by atoms with Crippen LogP contribution >= 0.6 is 0 Å². The maximum atomic E-state index is 12.0. The molecule has 0 spiro atoms. The van der Waals surface area contributed by atoms with Crippen molar-refractivity contribution >= 4 is 21.6 Å². The lowest BCUT2D eigenvalue weighted by molar-refractivity contribution is -0.120. The van der Waals surface area contributed by atoms with Crippen LogP contribution in [0.5, 0.6) is 0 Å². The maximum Gasteiger partial charge on any atom is 0.240 e. The Morgan fingerprint density at radius 2 is 1.75 bits per heavy atom. The molecule has 0 saturated heterocycles. The van der Waals surface area contributed by atoms with E-state index in [1.165, 1.54) is 0 Å². The van der Waals surface area contributed by atoms with Crippen molar-refractivity contribution in [1.29, 1.82) is 0 Å². The molecule has 1 aromatic rings. The topological polar surface area (TPSA) is 66.5 Å². The van der Waals surface area contributed by atoms with E-state index in [-0.39, 0.29) is 18.5 Å². The lowest BCUT2D eigenvalue weighted by Crippen LogP contribution is -2.43. The van der Waals surface area contributed by atoms with Crippen LogP contribution in [-0.4, -0.2) is 33.2 Å². The molecule has 1 N–H and O–H groups in total. The standard InChI is InChI=1S/C14H22N2O3S/c1-10(2)15-13(17)9-16(20(5,18)19)14-11(3)7-6-8-12(14)4/h6-8,10H,9H2,1-5H3,(H,15,17). The summed E-state index contributed by atoms with van der Waals surface area (Å²) in [7, 11) is -3.52. The van der Waals surface area contributed by atoms with Crippen LogP contribution in [0, 0.1) is 13.8 Å². The number of carbonyl (C=O) groups excluding carboxylic acids is 1. The van der Waals surface area contributed by atoms with Crippen LogP contribution in [0.2, 0.25) is 0 Å². The van der Waals surface area contributed by atoms with Gasteiger partial charge in [0.15, 0.2) is 0 Å². The van der Waals surface area contributed by atoms with E-state index in [1.807, 2.05) is 45.9 Å². The minimum atomic E-state index is -3.52. The number of rotatable bonds is 5. The van der Waals surface area contributed by atoms with Gasteiger partial charge in [-0.25, -0.2) is 8.42 Å². The first-order valence-corrected chi connectivity index (χ1v) is 8.31. The van der Waals surface area contributed by atoms with Crippen molar-refractivity contribution < 1.29 is 13.2 Å². The predicted octanol–water partition coefficient (Wildman–Crippen LogP) is 1.59. The van der Waals surface area contributed by atoms with Crippen molar-refractivity contribution in [3.8, 4) is 0 Å². The number of amides is 1. The first-order valence-electron chi connectivity index (χ1n) is 6.46. The SMILES string of the molecule is Cc1cccc(C)c1N(CC(=O)NC(C)C)S(C)(=O)=O. The van der Waals surface area contributed by atoms with Gasteiger partial charge in [-0.05, 0) is 38.8 Å². The summed E-state index contributed by atoms with van der Waals surface area (Å²) in [5.74, 6) is -0.312. The lowest BCUT2D eigenvalue weighted by atomic mass is 10.1. The van der Waals surface area contributed by atoms with Gasteiger partial charge >= 0.3 is 0 Å². The molecule has 0 heterocycles. The van der Waals surface area contributed by atoms with Gasteiger partial charge < -0.3 is 5.32 Å². The molecule has 0 bridgehead atoms. The van der Waals surface area contributed by atoms with Gasteiger partial charge in [-0.3, -0.25) is 9.10 Å². The van der Waals surface area contributed by atoms with Crippen LogP contribution in [0.15, 0.2) is 18.2 Å². The predicted molar refractivity (Wildman–Crippen MR) is 81.4 cm³/mol. The molecule has 0 radical (unpaired) electrons. The van der Waals surface area contributed by atoms with Gasteiger partial charge in [-0.15, -0.1) is 0 Å². The third-order valence-corrected chi connectivity index (χ3v) is 3.94. The molecule has 0 atom stereocenters. The van der Waals surface area contributed by atoms with Crippen molar-refractivity contribution in [3.05, 3.63) is 29.3 Å². The van der Waals surface area contributed by atoms with Crippen LogP contribution in [0.4, 0.5) is 5.69 Å². The van der Waals surface area contributed by atoms with E-state index in [1.54, 1.807) is 0 Å². The van der Waals surface area contributed by atoms with Crippen molar-refractivity contribution in [2.45, 2.75) is 33.7 Å². The molecule has 5 nitrogen and oxygen atoms in total. The molecule has 0 fully saturated rings. The molecule has 0 saturated carbocycles. The summed E-state index contributed by atoms with van der Waals surface area (Å²) >= 11 is 0. The summed E-state index contributed by atoms with van der Waals surface area (Å²) in [6, 6.07) is 5.51. The van der Waals surface area contributed by atoms with E-state index >= 15 is 0 Å². The van der Waals surface area contributed by atoms with Crippen molar-refractivity contribution in [2.24, 2.45) is 0 Å². The van der Waals surface area contributed by atoms with Gasteiger partial charge in [-0.1, -0.05) is 18.2 Å². The Kier molecular flexibility index (Phi) is 5.16. The zero-order valence-electron chi connectivity index (χ0n) is 12.6. The fourth-order valence-corrected chi connectivity index (χ4v) is 3.03. The zero-order valence-corrected chi connectivity index (χ0v) is 13.4. The lowest BCUT2D eigenvalue weighted by Gasteiger charge is -2.25. The van der Waals surface area contributed by atoms with E-state index in [9.17, 15) is 13.2 Å². The number of hydrogen-bond acceptors (Lipinski definition) is 3. The largest absolute Gasteiger partial charge is 0.352 e. The molecule has 1 amide bonds. The maximum absolute atomic E-state index is 12.0.